The Balaban J connectivity index is 2.01. The quantitative estimate of drug-likeness (QED) is 0.835. The van der Waals surface area contributed by atoms with Crippen LogP contribution >= 0.6 is 0 Å². The second kappa shape index (κ2) is 5.55. The van der Waals surface area contributed by atoms with Crippen molar-refractivity contribution in [2.75, 3.05) is 0 Å². The van der Waals surface area contributed by atoms with Crippen molar-refractivity contribution in [3.8, 4) is 0 Å². The number of aryl methyl sites for hydroxylation is 1. The van der Waals surface area contributed by atoms with Crippen LogP contribution in [0, 0.1) is 6.92 Å². The van der Waals surface area contributed by atoms with Gasteiger partial charge in [0.15, 0.2) is 5.69 Å². The van der Waals surface area contributed by atoms with Crippen molar-refractivity contribution in [3.05, 3.63) is 35.5 Å². The van der Waals surface area contributed by atoms with Crippen LogP contribution in [-0.2, 0) is 11.3 Å². The number of nitrogens with one attached hydrogen (secondary N) is 1. The van der Waals surface area contributed by atoms with Gasteiger partial charge >= 0.3 is 5.97 Å². The second-order valence-corrected chi connectivity index (χ2v) is 4.34. The van der Waals surface area contributed by atoms with Gasteiger partial charge in [0.1, 0.15) is 18.1 Å². The maximum atomic E-state index is 11.9. The van der Waals surface area contributed by atoms with Crippen molar-refractivity contribution < 1.29 is 19.1 Å². The molecule has 2 N–H and O–H groups in total. The van der Waals surface area contributed by atoms with E-state index in [1.165, 1.54) is 6.20 Å². The third kappa shape index (κ3) is 3.22. The Bertz CT molecular complexity index is 631. The van der Waals surface area contributed by atoms with Crippen LogP contribution in [0.2, 0.25) is 0 Å². The lowest BCUT2D eigenvalue weighted by molar-refractivity contribution is -0.137. The molecule has 8 nitrogen and oxygen atoms in total. The zero-order valence-corrected chi connectivity index (χ0v) is 11.0. The van der Waals surface area contributed by atoms with Gasteiger partial charge in [-0.2, -0.15) is 0 Å². The lowest BCUT2D eigenvalue weighted by Gasteiger charge is -2.09. The molecule has 0 radical (unpaired) electrons. The second-order valence-electron chi connectivity index (χ2n) is 4.34. The molecule has 20 heavy (non-hydrogen) atoms. The lowest BCUT2D eigenvalue weighted by atomic mass is 10.2. The molecule has 1 amide bonds. The van der Waals surface area contributed by atoms with Crippen LogP contribution in [-0.4, -0.2) is 32.0 Å². The van der Waals surface area contributed by atoms with E-state index in [2.05, 4.69) is 15.6 Å². The summed E-state index contributed by atoms with van der Waals surface area (Å²) < 4.78 is 6.49. The van der Waals surface area contributed by atoms with E-state index in [9.17, 15) is 9.59 Å². The molecule has 106 valence electrons. The summed E-state index contributed by atoms with van der Waals surface area (Å²) in [6, 6.07) is 3.27. The fourth-order valence-corrected chi connectivity index (χ4v) is 1.65. The van der Waals surface area contributed by atoms with Gasteiger partial charge in [-0.05, 0) is 26.0 Å². The standard InChI is InChI=1S/C12H14N4O4/c1-7-3-4-10(20-7)8(2)13-12(19)9-5-16(15-14-9)6-11(17)18/h3-5,8H,6H2,1-2H3,(H,13,19)(H,17,18). The summed E-state index contributed by atoms with van der Waals surface area (Å²) in [5.74, 6) is -0.105. The summed E-state index contributed by atoms with van der Waals surface area (Å²) in [5, 5.41) is 18.5. The van der Waals surface area contributed by atoms with Crippen molar-refractivity contribution in [1.29, 1.82) is 0 Å². The summed E-state index contributed by atoms with van der Waals surface area (Å²) in [4.78, 5) is 22.4. The van der Waals surface area contributed by atoms with Crippen LogP contribution in [0.4, 0.5) is 0 Å². The smallest absolute Gasteiger partial charge is 0.325 e. The van der Waals surface area contributed by atoms with E-state index in [-0.39, 0.29) is 18.3 Å². The van der Waals surface area contributed by atoms with E-state index in [0.29, 0.717) is 5.76 Å². The number of carbonyl (C=O) groups excluding carboxylic acids is 1. The Kier molecular flexibility index (Phi) is 3.83. The van der Waals surface area contributed by atoms with Gasteiger partial charge in [0.25, 0.3) is 5.91 Å². The fourth-order valence-electron chi connectivity index (χ4n) is 1.65. The molecule has 0 aliphatic carbocycles. The minimum absolute atomic E-state index is 0.0568. The molecule has 0 aromatic carbocycles. The van der Waals surface area contributed by atoms with E-state index < -0.39 is 11.9 Å². The Labute approximate surface area is 114 Å². The highest BCUT2D eigenvalue weighted by Gasteiger charge is 2.17. The highest BCUT2D eigenvalue weighted by molar-refractivity contribution is 5.92. The molecule has 0 aliphatic rings. The van der Waals surface area contributed by atoms with Crippen molar-refractivity contribution >= 4 is 11.9 Å². The van der Waals surface area contributed by atoms with Crippen LogP contribution in [0.3, 0.4) is 0 Å². The molecule has 2 heterocycles. The van der Waals surface area contributed by atoms with Gasteiger partial charge in [0.2, 0.25) is 0 Å². The van der Waals surface area contributed by atoms with E-state index in [1.807, 2.05) is 6.92 Å². The molecular formula is C12H14N4O4. The normalized spacial score (nSPS) is 12.1. The summed E-state index contributed by atoms with van der Waals surface area (Å²) in [6.07, 6.45) is 1.28. The van der Waals surface area contributed by atoms with Gasteiger partial charge < -0.3 is 14.8 Å². The van der Waals surface area contributed by atoms with Crippen molar-refractivity contribution in [3.63, 3.8) is 0 Å². The Morgan fingerprint density at radius 3 is 2.85 bits per heavy atom. The Morgan fingerprint density at radius 2 is 2.25 bits per heavy atom. The van der Waals surface area contributed by atoms with E-state index >= 15 is 0 Å². The molecule has 1 atom stereocenters. The van der Waals surface area contributed by atoms with Gasteiger partial charge in [-0.1, -0.05) is 5.21 Å². The van der Waals surface area contributed by atoms with Gasteiger partial charge in [0, 0.05) is 0 Å². The molecule has 0 aliphatic heterocycles. The fraction of sp³-hybridized carbons (Fsp3) is 0.333. The summed E-state index contributed by atoms with van der Waals surface area (Å²) >= 11 is 0. The largest absolute Gasteiger partial charge is 0.480 e. The molecule has 0 fully saturated rings. The van der Waals surface area contributed by atoms with Crippen LogP contribution in [0.25, 0.3) is 0 Å². The van der Waals surface area contributed by atoms with E-state index in [0.717, 1.165) is 10.4 Å². The maximum absolute atomic E-state index is 11.9. The van der Waals surface area contributed by atoms with Crippen molar-refractivity contribution in [2.24, 2.45) is 0 Å². The average molecular weight is 278 g/mol. The van der Waals surface area contributed by atoms with Crippen LogP contribution in [0.5, 0.6) is 0 Å². The molecule has 8 heteroatoms. The maximum Gasteiger partial charge on any atom is 0.325 e. The van der Waals surface area contributed by atoms with Crippen LogP contribution in [0.1, 0.15) is 35.0 Å². The van der Waals surface area contributed by atoms with E-state index in [4.69, 9.17) is 9.52 Å². The number of nitrogens with zero attached hydrogens (tertiary/aromatic N) is 3. The number of hydrogen-bond donors (Lipinski definition) is 2. The first-order valence-corrected chi connectivity index (χ1v) is 5.95. The van der Waals surface area contributed by atoms with Gasteiger partial charge in [-0.25, -0.2) is 4.68 Å². The minimum atomic E-state index is -1.05. The number of amides is 1. The van der Waals surface area contributed by atoms with Gasteiger partial charge in [0.05, 0.1) is 12.2 Å². The number of carbonyl (C=O) groups is 2. The topological polar surface area (TPSA) is 110 Å². The first kappa shape index (κ1) is 13.8. The number of carboxylic acid groups (broad SMARTS) is 1. The summed E-state index contributed by atoms with van der Waals surface area (Å²) in [7, 11) is 0. The SMILES string of the molecule is Cc1ccc(C(C)NC(=O)c2cn(CC(=O)O)nn2)o1. The molecule has 0 spiro atoms. The predicted octanol–water partition coefficient (Wildman–Crippen LogP) is 0.755. The molecular weight excluding hydrogens is 264 g/mol. The summed E-state index contributed by atoms with van der Waals surface area (Å²) in [6.45, 7) is 3.25. The van der Waals surface area contributed by atoms with E-state index in [1.54, 1.807) is 19.1 Å². The number of carboxylic acids is 1. The first-order chi connectivity index (χ1) is 9.45. The monoisotopic (exact) mass is 278 g/mol. The van der Waals surface area contributed by atoms with Crippen molar-refractivity contribution in [2.45, 2.75) is 26.4 Å². The van der Waals surface area contributed by atoms with Crippen LogP contribution in [0.15, 0.2) is 22.7 Å². The summed E-state index contributed by atoms with van der Waals surface area (Å²) in [5.41, 5.74) is 0.0568. The zero-order chi connectivity index (χ0) is 14.7. The van der Waals surface area contributed by atoms with Crippen LogP contribution < -0.4 is 5.32 Å². The number of furan rings is 1. The predicted molar refractivity (Wildman–Crippen MR) is 67.0 cm³/mol. The molecule has 0 saturated heterocycles. The lowest BCUT2D eigenvalue weighted by Crippen LogP contribution is -2.26. The Morgan fingerprint density at radius 1 is 1.50 bits per heavy atom. The molecule has 0 saturated carbocycles. The number of rotatable bonds is 5. The average Bonchev–Trinajstić information content (AvgIpc) is 2.97. The third-order valence-corrected chi connectivity index (χ3v) is 2.60. The highest BCUT2D eigenvalue weighted by atomic mass is 16.4. The molecule has 2 aromatic rings. The number of aliphatic carboxylic acids is 1. The highest BCUT2D eigenvalue weighted by Crippen LogP contribution is 2.15. The van der Waals surface area contributed by atoms with Crippen molar-refractivity contribution in [1.82, 2.24) is 20.3 Å². The molecule has 0 bridgehead atoms. The van der Waals surface area contributed by atoms with Gasteiger partial charge in [-0.3, -0.25) is 9.59 Å². The minimum Gasteiger partial charge on any atom is -0.480 e. The van der Waals surface area contributed by atoms with Gasteiger partial charge in [-0.15, -0.1) is 5.10 Å². The zero-order valence-electron chi connectivity index (χ0n) is 11.0. The number of aromatic nitrogens is 3. The molecule has 2 rings (SSSR count). The molecule has 2 aromatic heterocycles. The molecule has 1 unspecified atom stereocenters. The number of hydrogen-bond acceptors (Lipinski definition) is 5. The third-order valence-electron chi connectivity index (χ3n) is 2.60. The first-order valence-electron chi connectivity index (χ1n) is 5.95. The Hall–Kier alpha value is -2.64.